The molecule has 1 saturated heterocycles. The fourth-order valence-corrected chi connectivity index (χ4v) is 5.65. The number of hydrogen-bond acceptors (Lipinski definition) is 5. The molecule has 0 aliphatic carbocycles. The predicted octanol–water partition coefficient (Wildman–Crippen LogP) is 3.19. The summed E-state index contributed by atoms with van der Waals surface area (Å²) < 4.78 is 18.6. The van der Waals surface area contributed by atoms with Gasteiger partial charge in [0.2, 0.25) is 4.93 Å². The van der Waals surface area contributed by atoms with Crippen molar-refractivity contribution in [3.63, 3.8) is 0 Å². The van der Waals surface area contributed by atoms with Crippen LogP contribution in [-0.2, 0) is 14.2 Å². The van der Waals surface area contributed by atoms with Gasteiger partial charge in [0, 0.05) is 0 Å². The van der Waals surface area contributed by atoms with Crippen LogP contribution in [0, 0.1) is 0 Å². The zero-order valence-corrected chi connectivity index (χ0v) is 15.0. The Morgan fingerprint density at radius 2 is 1.48 bits per heavy atom. The summed E-state index contributed by atoms with van der Waals surface area (Å²) in [5.41, 5.74) is -2.14. The smallest absolute Gasteiger partial charge is 0.215 e. The molecular formula is C16H26O4S. The molecular weight excluding hydrogens is 288 g/mol. The standard InChI is InChI=1S/C16H26O4S/c1-12(2)9-10(13(3,4)19-12)21-16(18-9)11(17)14(5,6)20-15(16,7)8/h11,17H,1-8H3. The molecule has 120 valence electrons. The zero-order chi connectivity index (χ0) is 16.1. The van der Waals surface area contributed by atoms with E-state index in [9.17, 15) is 5.11 Å². The van der Waals surface area contributed by atoms with Crippen LogP contribution in [0.5, 0.6) is 0 Å². The van der Waals surface area contributed by atoms with Crippen molar-refractivity contribution in [3.05, 3.63) is 10.7 Å². The average Bonchev–Trinajstić information content (AvgIpc) is 2.77. The number of thioether (sulfide) groups is 1. The zero-order valence-electron chi connectivity index (χ0n) is 14.2. The quantitative estimate of drug-likeness (QED) is 0.744. The van der Waals surface area contributed by atoms with Crippen LogP contribution in [0.15, 0.2) is 10.7 Å². The van der Waals surface area contributed by atoms with Crippen molar-refractivity contribution in [2.45, 2.75) is 88.8 Å². The lowest BCUT2D eigenvalue weighted by molar-refractivity contribution is -0.123. The molecule has 0 saturated carbocycles. The van der Waals surface area contributed by atoms with Crippen molar-refractivity contribution in [2.75, 3.05) is 0 Å². The summed E-state index contributed by atoms with van der Waals surface area (Å²) in [4.78, 5) is 0.250. The highest BCUT2D eigenvalue weighted by molar-refractivity contribution is 8.04. The maximum atomic E-state index is 10.9. The molecule has 0 aromatic rings. The number of hydrogen-bond donors (Lipinski definition) is 1. The van der Waals surface area contributed by atoms with Gasteiger partial charge >= 0.3 is 0 Å². The van der Waals surface area contributed by atoms with Crippen molar-refractivity contribution in [2.24, 2.45) is 0 Å². The first-order valence-electron chi connectivity index (χ1n) is 7.47. The average molecular weight is 314 g/mol. The van der Waals surface area contributed by atoms with E-state index in [4.69, 9.17) is 14.2 Å². The molecule has 1 spiro atoms. The Labute approximate surface area is 131 Å². The molecule has 1 fully saturated rings. The van der Waals surface area contributed by atoms with E-state index in [1.165, 1.54) is 0 Å². The highest BCUT2D eigenvalue weighted by Crippen LogP contribution is 2.66. The Kier molecular flexibility index (Phi) is 2.84. The van der Waals surface area contributed by atoms with E-state index in [1.54, 1.807) is 11.8 Å². The Morgan fingerprint density at radius 1 is 0.905 bits per heavy atom. The molecule has 1 N–H and O–H groups in total. The number of aliphatic hydroxyl groups is 1. The minimum atomic E-state index is -0.820. The first-order chi connectivity index (χ1) is 9.25. The second kappa shape index (κ2) is 3.81. The molecule has 0 amide bonds. The minimum Gasteiger partial charge on any atom is -0.471 e. The normalized spacial score (nSPS) is 41.5. The molecule has 2 atom stereocenters. The van der Waals surface area contributed by atoms with E-state index >= 15 is 0 Å². The molecule has 0 aromatic carbocycles. The fourth-order valence-electron chi connectivity index (χ4n) is 3.87. The van der Waals surface area contributed by atoms with Crippen LogP contribution in [0.2, 0.25) is 0 Å². The van der Waals surface area contributed by atoms with Crippen LogP contribution in [0.4, 0.5) is 0 Å². The summed E-state index contributed by atoms with van der Waals surface area (Å²) in [5, 5.41) is 10.9. The third-order valence-corrected chi connectivity index (χ3v) is 6.68. The van der Waals surface area contributed by atoms with Gasteiger partial charge in [-0.05, 0) is 55.4 Å². The van der Waals surface area contributed by atoms with Crippen molar-refractivity contribution in [1.29, 1.82) is 0 Å². The lowest BCUT2D eigenvalue weighted by atomic mass is 9.92. The number of aliphatic hydroxyl groups excluding tert-OH is 1. The van der Waals surface area contributed by atoms with E-state index in [1.807, 2.05) is 55.4 Å². The highest BCUT2D eigenvalue weighted by atomic mass is 32.2. The summed E-state index contributed by atoms with van der Waals surface area (Å²) in [6.45, 7) is 15.9. The lowest BCUT2D eigenvalue weighted by Crippen LogP contribution is -2.53. The highest BCUT2D eigenvalue weighted by Gasteiger charge is 2.72. The second-order valence-corrected chi connectivity index (χ2v) is 9.49. The molecule has 4 nitrogen and oxygen atoms in total. The van der Waals surface area contributed by atoms with Gasteiger partial charge in [0.05, 0.1) is 16.1 Å². The number of rotatable bonds is 0. The molecule has 0 aromatic heterocycles. The molecule has 3 aliphatic rings. The van der Waals surface area contributed by atoms with Gasteiger partial charge in [0.1, 0.15) is 23.1 Å². The summed E-state index contributed by atoms with van der Waals surface area (Å²) in [7, 11) is 0. The summed E-state index contributed by atoms with van der Waals surface area (Å²) >= 11 is 1.58. The van der Waals surface area contributed by atoms with Gasteiger partial charge in [-0.3, -0.25) is 0 Å². The van der Waals surface area contributed by atoms with E-state index < -0.39 is 33.4 Å². The summed E-state index contributed by atoms with van der Waals surface area (Å²) in [5.74, 6) is 0.839. The second-order valence-electron chi connectivity index (χ2n) is 8.27. The lowest BCUT2D eigenvalue weighted by Gasteiger charge is -2.41. The topological polar surface area (TPSA) is 47.9 Å². The Balaban J connectivity index is 2.07. The molecule has 3 aliphatic heterocycles. The van der Waals surface area contributed by atoms with Crippen molar-refractivity contribution >= 4 is 11.8 Å². The maximum absolute atomic E-state index is 10.9. The third kappa shape index (κ3) is 1.81. The minimum absolute atomic E-state index is 0.407. The van der Waals surface area contributed by atoms with Crippen LogP contribution in [0.3, 0.4) is 0 Å². The van der Waals surface area contributed by atoms with E-state index in [0.29, 0.717) is 0 Å². The monoisotopic (exact) mass is 314 g/mol. The molecule has 5 heteroatoms. The van der Waals surface area contributed by atoms with Crippen molar-refractivity contribution < 1.29 is 19.3 Å². The maximum Gasteiger partial charge on any atom is 0.215 e. The van der Waals surface area contributed by atoms with Crippen molar-refractivity contribution in [1.82, 2.24) is 0 Å². The summed E-state index contributed by atoms with van der Waals surface area (Å²) in [6.07, 6.45) is -0.720. The first kappa shape index (κ1) is 15.7. The van der Waals surface area contributed by atoms with E-state index in [-0.39, 0.29) is 0 Å². The SMILES string of the molecule is CC1(C)OC(C)(C)C2=C1OC1(S2)C(O)C(C)(C)OC1(C)C. The Bertz CT molecular complexity index is 504. The third-order valence-electron chi connectivity index (χ3n) is 4.69. The van der Waals surface area contributed by atoms with Crippen LogP contribution < -0.4 is 0 Å². The largest absolute Gasteiger partial charge is 0.471 e. The Morgan fingerprint density at radius 3 is 1.90 bits per heavy atom. The van der Waals surface area contributed by atoms with E-state index in [2.05, 4.69) is 0 Å². The van der Waals surface area contributed by atoms with Gasteiger partial charge in [-0.25, -0.2) is 0 Å². The van der Waals surface area contributed by atoms with Crippen LogP contribution in [-0.4, -0.2) is 38.5 Å². The van der Waals surface area contributed by atoms with Gasteiger partial charge < -0.3 is 19.3 Å². The van der Waals surface area contributed by atoms with Crippen LogP contribution in [0.1, 0.15) is 55.4 Å². The predicted molar refractivity (Wildman–Crippen MR) is 82.9 cm³/mol. The molecule has 0 bridgehead atoms. The van der Waals surface area contributed by atoms with Gasteiger partial charge in [-0.1, -0.05) is 11.8 Å². The molecule has 0 radical (unpaired) electrons. The number of ether oxygens (including phenoxy) is 3. The van der Waals surface area contributed by atoms with Crippen LogP contribution in [0.25, 0.3) is 0 Å². The van der Waals surface area contributed by atoms with Gasteiger partial charge in [0.25, 0.3) is 0 Å². The van der Waals surface area contributed by atoms with E-state index in [0.717, 1.165) is 10.7 Å². The Hall–Kier alpha value is -0.230. The fraction of sp³-hybridized carbons (Fsp3) is 0.875. The molecule has 3 heterocycles. The van der Waals surface area contributed by atoms with Gasteiger partial charge in [0.15, 0.2) is 0 Å². The van der Waals surface area contributed by atoms with Crippen molar-refractivity contribution in [3.8, 4) is 0 Å². The summed E-state index contributed by atoms with van der Waals surface area (Å²) in [6, 6.07) is 0. The van der Waals surface area contributed by atoms with Crippen LogP contribution >= 0.6 is 11.8 Å². The molecule has 3 rings (SSSR count). The van der Waals surface area contributed by atoms with Gasteiger partial charge in [-0.15, -0.1) is 0 Å². The molecule has 21 heavy (non-hydrogen) atoms. The van der Waals surface area contributed by atoms with Gasteiger partial charge in [-0.2, -0.15) is 0 Å². The first-order valence-corrected chi connectivity index (χ1v) is 8.29. The molecule has 2 unspecified atom stereocenters.